The zero-order chi connectivity index (χ0) is 12.1. The average Bonchev–Trinajstić information content (AvgIpc) is 2.35. The van der Waals surface area contributed by atoms with E-state index < -0.39 is 0 Å². The zero-order valence-electron chi connectivity index (χ0n) is 9.94. The number of likely N-dealkylation sites (tertiary alicyclic amines) is 1. The van der Waals surface area contributed by atoms with Crippen molar-refractivity contribution in [3.63, 3.8) is 0 Å². The molecular formula is C13H19IN2O. The van der Waals surface area contributed by atoms with E-state index >= 15 is 0 Å². The van der Waals surface area contributed by atoms with Gasteiger partial charge < -0.3 is 15.4 Å². The third kappa shape index (κ3) is 3.82. The highest BCUT2D eigenvalue weighted by Gasteiger charge is 2.20. The van der Waals surface area contributed by atoms with Crippen molar-refractivity contribution >= 4 is 22.6 Å². The summed E-state index contributed by atoms with van der Waals surface area (Å²) in [6, 6.07) is 8.20. The molecular weight excluding hydrogens is 327 g/mol. The quantitative estimate of drug-likeness (QED) is 0.849. The maximum absolute atomic E-state index is 6.05. The van der Waals surface area contributed by atoms with Gasteiger partial charge in [0.05, 0.1) is 3.57 Å². The first-order valence-electron chi connectivity index (χ1n) is 6.13. The number of ether oxygens (including phenoxy) is 1. The van der Waals surface area contributed by atoms with Gasteiger partial charge in [-0.1, -0.05) is 12.1 Å². The molecule has 1 aliphatic rings. The molecule has 1 aromatic carbocycles. The fraction of sp³-hybridized carbons (Fsp3) is 0.538. The molecule has 0 atom stereocenters. The van der Waals surface area contributed by atoms with E-state index in [0.717, 1.165) is 44.8 Å². The number of para-hydroxylation sites is 1. The summed E-state index contributed by atoms with van der Waals surface area (Å²) in [7, 11) is 0. The molecule has 0 aromatic heterocycles. The van der Waals surface area contributed by atoms with Gasteiger partial charge >= 0.3 is 0 Å². The van der Waals surface area contributed by atoms with Crippen LogP contribution in [0.5, 0.6) is 5.75 Å². The summed E-state index contributed by atoms with van der Waals surface area (Å²) >= 11 is 2.32. The van der Waals surface area contributed by atoms with Gasteiger partial charge in [0.25, 0.3) is 0 Å². The van der Waals surface area contributed by atoms with Gasteiger partial charge in [-0.15, -0.1) is 0 Å². The predicted molar refractivity (Wildman–Crippen MR) is 78.3 cm³/mol. The minimum absolute atomic E-state index is 0.361. The average molecular weight is 346 g/mol. The van der Waals surface area contributed by atoms with Crippen LogP contribution in [0.25, 0.3) is 0 Å². The maximum Gasteiger partial charge on any atom is 0.133 e. The Morgan fingerprint density at radius 3 is 2.65 bits per heavy atom. The van der Waals surface area contributed by atoms with Crippen LogP contribution in [0.1, 0.15) is 12.8 Å². The third-order valence-electron chi connectivity index (χ3n) is 3.11. The zero-order valence-corrected chi connectivity index (χ0v) is 12.1. The predicted octanol–water partition coefficient (Wildman–Crippen LogP) is 2.09. The lowest BCUT2D eigenvalue weighted by molar-refractivity contribution is 0.102. The first kappa shape index (κ1) is 13.1. The fourth-order valence-electron chi connectivity index (χ4n) is 2.15. The van der Waals surface area contributed by atoms with Crippen LogP contribution in [0.4, 0.5) is 0 Å². The largest absolute Gasteiger partial charge is 0.489 e. The van der Waals surface area contributed by atoms with Crippen LogP contribution in [0.2, 0.25) is 0 Å². The van der Waals surface area contributed by atoms with Gasteiger partial charge in [0.15, 0.2) is 0 Å². The van der Waals surface area contributed by atoms with Gasteiger partial charge in [-0.2, -0.15) is 0 Å². The van der Waals surface area contributed by atoms with E-state index in [1.807, 2.05) is 18.2 Å². The number of benzene rings is 1. The molecule has 1 saturated heterocycles. The van der Waals surface area contributed by atoms with Crippen LogP contribution in [0.15, 0.2) is 24.3 Å². The molecule has 3 nitrogen and oxygen atoms in total. The lowest BCUT2D eigenvalue weighted by atomic mass is 10.1. The molecule has 1 fully saturated rings. The first-order valence-corrected chi connectivity index (χ1v) is 7.21. The second-order valence-electron chi connectivity index (χ2n) is 4.38. The summed E-state index contributed by atoms with van der Waals surface area (Å²) in [5.41, 5.74) is 5.56. The molecule has 0 saturated carbocycles. The van der Waals surface area contributed by atoms with Crippen molar-refractivity contribution in [1.82, 2.24) is 4.90 Å². The maximum atomic E-state index is 6.05. The van der Waals surface area contributed by atoms with E-state index in [1.165, 1.54) is 3.57 Å². The van der Waals surface area contributed by atoms with E-state index in [9.17, 15) is 0 Å². The Bertz CT molecular complexity index is 351. The van der Waals surface area contributed by atoms with Crippen molar-refractivity contribution in [3.05, 3.63) is 27.8 Å². The molecule has 0 amide bonds. The molecule has 1 aromatic rings. The minimum Gasteiger partial charge on any atom is -0.489 e. The minimum atomic E-state index is 0.361. The molecule has 0 radical (unpaired) electrons. The number of hydrogen-bond acceptors (Lipinski definition) is 3. The monoisotopic (exact) mass is 346 g/mol. The Labute approximate surface area is 116 Å². The molecule has 1 heterocycles. The SMILES string of the molecule is NCCN1CCC(Oc2ccccc2I)CC1. The van der Waals surface area contributed by atoms with Crippen LogP contribution < -0.4 is 10.5 Å². The highest BCUT2D eigenvalue weighted by molar-refractivity contribution is 14.1. The standard InChI is InChI=1S/C13H19IN2O/c14-12-3-1-2-4-13(12)17-11-5-8-16(9-6-11)10-7-15/h1-4,11H,5-10,15H2. The van der Waals surface area contributed by atoms with Crippen molar-refractivity contribution in [2.24, 2.45) is 5.73 Å². The van der Waals surface area contributed by atoms with Crippen LogP contribution in [0.3, 0.4) is 0 Å². The topological polar surface area (TPSA) is 38.5 Å². The Kier molecular flexibility index (Phi) is 5.06. The smallest absolute Gasteiger partial charge is 0.133 e. The lowest BCUT2D eigenvalue weighted by Crippen LogP contribution is -2.40. The van der Waals surface area contributed by atoms with Crippen molar-refractivity contribution in [1.29, 1.82) is 0 Å². The van der Waals surface area contributed by atoms with Gasteiger partial charge in [0.1, 0.15) is 11.9 Å². The molecule has 0 aliphatic carbocycles. The molecule has 0 bridgehead atoms. The summed E-state index contributed by atoms with van der Waals surface area (Å²) in [5, 5.41) is 0. The normalized spacial score (nSPS) is 18.2. The van der Waals surface area contributed by atoms with Crippen LogP contribution in [-0.4, -0.2) is 37.2 Å². The summed E-state index contributed by atoms with van der Waals surface area (Å²) in [6.07, 6.45) is 2.57. The molecule has 2 N–H and O–H groups in total. The van der Waals surface area contributed by atoms with Crippen LogP contribution in [0, 0.1) is 3.57 Å². The number of nitrogens with zero attached hydrogens (tertiary/aromatic N) is 1. The summed E-state index contributed by atoms with van der Waals surface area (Å²) < 4.78 is 7.24. The van der Waals surface area contributed by atoms with Crippen LogP contribution in [-0.2, 0) is 0 Å². The van der Waals surface area contributed by atoms with E-state index in [0.29, 0.717) is 6.10 Å². The second-order valence-corrected chi connectivity index (χ2v) is 5.54. The lowest BCUT2D eigenvalue weighted by Gasteiger charge is -2.31. The number of hydrogen-bond donors (Lipinski definition) is 1. The number of piperidine rings is 1. The third-order valence-corrected chi connectivity index (χ3v) is 4.00. The van der Waals surface area contributed by atoms with Crippen molar-refractivity contribution in [3.8, 4) is 5.75 Å². The van der Waals surface area contributed by atoms with E-state index in [4.69, 9.17) is 10.5 Å². The fourth-order valence-corrected chi connectivity index (χ4v) is 2.67. The Morgan fingerprint density at radius 2 is 2.00 bits per heavy atom. The van der Waals surface area contributed by atoms with Crippen LogP contribution >= 0.6 is 22.6 Å². The summed E-state index contributed by atoms with van der Waals surface area (Å²) in [6.45, 7) is 3.97. The summed E-state index contributed by atoms with van der Waals surface area (Å²) in [5.74, 6) is 1.02. The first-order chi connectivity index (χ1) is 8.29. The second kappa shape index (κ2) is 6.56. The molecule has 4 heteroatoms. The van der Waals surface area contributed by atoms with Gasteiger partial charge in [-0.05, 0) is 47.6 Å². The Morgan fingerprint density at radius 1 is 1.29 bits per heavy atom. The number of halogens is 1. The highest BCUT2D eigenvalue weighted by atomic mass is 127. The number of nitrogens with two attached hydrogens (primary N) is 1. The van der Waals surface area contributed by atoms with Crippen molar-refractivity contribution in [2.45, 2.75) is 18.9 Å². The number of rotatable bonds is 4. The van der Waals surface area contributed by atoms with E-state index in [-0.39, 0.29) is 0 Å². The van der Waals surface area contributed by atoms with E-state index in [1.54, 1.807) is 0 Å². The molecule has 0 spiro atoms. The van der Waals surface area contributed by atoms with Gasteiger partial charge in [-0.3, -0.25) is 0 Å². The molecule has 1 aliphatic heterocycles. The molecule has 94 valence electrons. The molecule has 17 heavy (non-hydrogen) atoms. The van der Waals surface area contributed by atoms with Gasteiger partial charge in [0, 0.05) is 26.2 Å². The molecule has 0 unspecified atom stereocenters. The van der Waals surface area contributed by atoms with E-state index in [2.05, 4.69) is 33.6 Å². The Hall–Kier alpha value is -0.330. The van der Waals surface area contributed by atoms with Gasteiger partial charge in [-0.25, -0.2) is 0 Å². The Balaban J connectivity index is 1.84. The van der Waals surface area contributed by atoms with Gasteiger partial charge in [0.2, 0.25) is 0 Å². The van der Waals surface area contributed by atoms with Crippen molar-refractivity contribution < 1.29 is 4.74 Å². The van der Waals surface area contributed by atoms with Crippen molar-refractivity contribution in [2.75, 3.05) is 26.2 Å². The summed E-state index contributed by atoms with van der Waals surface area (Å²) in [4.78, 5) is 2.41. The molecule has 2 rings (SSSR count). The highest BCUT2D eigenvalue weighted by Crippen LogP contribution is 2.24.